The van der Waals surface area contributed by atoms with Gasteiger partial charge in [0.1, 0.15) is 11.6 Å². The van der Waals surface area contributed by atoms with Crippen LogP contribution in [0.25, 0.3) is 0 Å². The van der Waals surface area contributed by atoms with Crippen LogP contribution in [0.4, 0.5) is 10.1 Å². The van der Waals surface area contributed by atoms with Crippen molar-refractivity contribution < 1.29 is 18.7 Å². The van der Waals surface area contributed by atoms with E-state index in [1.807, 2.05) is 0 Å². The summed E-state index contributed by atoms with van der Waals surface area (Å²) < 4.78 is 18.1. The third-order valence-electron chi connectivity index (χ3n) is 3.05. The van der Waals surface area contributed by atoms with Crippen LogP contribution in [0.5, 0.6) is 5.75 Å². The van der Waals surface area contributed by atoms with Crippen molar-refractivity contribution in [1.82, 2.24) is 0 Å². The molecule has 0 fully saturated rings. The number of hydrogen-bond donors (Lipinski definition) is 1. The van der Waals surface area contributed by atoms with Crippen molar-refractivity contribution in [2.75, 3.05) is 11.9 Å². The number of fused-ring (bicyclic) bond motifs is 1. The van der Waals surface area contributed by atoms with E-state index in [0.29, 0.717) is 17.0 Å². The summed E-state index contributed by atoms with van der Waals surface area (Å²) in [6, 6.07) is 8.12. The molecule has 0 saturated carbocycles. The monoisotopic (exact) mass is 305 g/mol. The number of nitrogens with one attached hydrogen (secondary N) is 1. The number of anilines is 1. The first-order valence-electron chi connectivity index (χ1n) is 6.11. The summed E-state index contributed by atoms with van der Waals surface area (Å²) in [6.07, 6.45) is 0. The number of rotatable bonds is 2. The zero-order valence-electron chi connectivity index (χ0n) is 10.7. The lowest BCUT2D eigenvalue weighted by Gasteiger charge is -2.19. The first kappa shape index (κ1) is 13.6. The van der Waals surface area contributed by atoms with Crippen molar-refractivity contribution >= 4 is 29.0 Å². The van der Waals surface area contributed by atoms with E-state index in [-0.39, 0.29) is 28.9 Å². The molecule has 0 spiro atoms. The van der Waals surface area contributed by atoms with Gasteiger partial charge in [0, 0.05) is 11.1 Å². The fraction of sp³-hybridized carbons (Fsp3) is 0.0667. The van der Waals surface area contributed by atoms with Crippen LogP contribution in [0.1, 0.15) is 15.9 Å². The van der Waals surface area contributed by atoms with Gasteiger partial charge in [-0.05, 0) is 36.4 Å². The molecule has 3 rings (SSSR count). The summed E-state index contributed by atoms with van der Waals surface area (Å²) in [6.45, 7) is -0.112. The summed E-state index contributed by atoms with van der Waals surface area (Å²) in [7, 11) is 0. The second-order valence-electron chi connectivity index (χ2n) is 4.50. The first-order valence-corrected chi connectivity index (χ1v) is 6.49. The molecule has 1 heterocycles. The van der Waals surface area contributed by atoms with Gasteiger partial charge in [0.2, 0.25) is 0 Å². The molecule has 0 atom stereocenters. The number of ketones is 1. The minimum atomic E-state index is -0.422. The average Bonchev–Trinajstić information content (AvgIpc) is 2.46. The highest BCUT2D eigenvalue weighted by atomic mass is 35.5. The first-order chi connectivity index (χ1) is 10.0. The summed E-state index contributed by atoms with van der Waals surface area (Å²) in [5, 5.41) is 2.79. The Balaban J connectivity index is 2.01. The van der Waals surface area contributed by atoms with Gasteiger partial charge in [0.05, 0.1) is 10.7 Å². The molecule has 2 aromatic carbocycles. The second kappa shape index (κ2) is 5.18. The van der Waals surface area contributed by atoms with Gasteiger partial charge in [-0.15, -0.1) is 0 Å². The largest absolute Gasteiger partial charge is 0.482 e. The lowest BCUT2D eigenvalue weighted by atomic mass is 10.0. The molecule has 6 heteroatoms. The Kier molecular flexibility index (Phi) is 3.35. The third-order valence-corrected chi connectivity index (χ3v) is 3.37. The molecule has 1 amide bonds. The van der Waals surface area contributed by atoms with E-state index < -0.39 is 5.82 Å². The number of carbonyl (C=O) groups excluding carboxylic acids is 2. The smallest absolute Gasteiger partial charge is 0.262 e. The number of carbonyl (C=O) groups is 2. The number of amides is 1. The van der Waals surface area contributed by atoms with E-state index in [2.05, 4.69) is 5.32 Å². The van der Waals surface area contributed by atoms with Crippen LogP contribution in [0.2, 0.25) is 5.02 Å². The Hall–Kier alpha value is -2.40. The van der Waals surface area contributed by atoms with Crippen molar-refractivity contribution in [3.63, 3.8) is 0 Å². The quantitative estimate of drug-likeness (QED) is 0.868. The van der Waals surface area contributed by atoms with Gasteiger partial charge < -0.3 is 10.1 Å². The molecule has 0 radical (unpaired) electrons. The lowest BCUT2D eigenvalue weighted by molar-refractivity contribution is -0.118. The molecular weight excluding hydrogens is 297 g/mol. The van der Waals surface area contributed by atoms with E-state index in [0.717, 1.165) is 0 Å². The molecule has 0 saturated heterocycles. The SMILES string of the molecule is O=C1COc2cc(C(=O)c3ccc(F)cc3)c(Cl)cc2N1. The Morgan fingerprint density at radius 1 is 1.24 bits per heavy atom. The molecule has 1 aliphatic heterocycles. The Morgan fingerprint density at radius 3 is 2.67 bits per heavy atom. The molecule has 21 heavy (non-hydrogen) atoms. The van der Waals surface area contributed by atoms with Crippen LogP contribution in [-0.2, 0) is 4.79 Å². The Morgan fingerprint density at radius 2 is 1.95 bits per heavy atom. The predicted octanol–water partition coefficient (Wildman–Crippen LogP) is 3.04. The van der Waals surface area contributed by atoms with Gasteiger partial charge >= 0.3 is 0 Å². The minimum Gasteiger partial charge on any atom is -0.482 e. The number of ether oxygens (including phenoxy) is 1. The molecule has 0 aliphatic carbocycles. The second-order valence-corrected chi connectivity index (χ2v) is 4.91. The number of benzene rings is 2. The van der Waals surface area contributed by atoms with Crippen molar-refractivity contribution in [3.8, 4) is 5.75 Å². The molecule has 0 unspecified atom stereocenters. The van der Waals surface area contributed by atoms with Crippen molar-refractivity contribution in [3.05, 3.63) is 58.4 Å². The highest BCUT2D eigenvalue weighted by Crippen LogP contribution is 2.34. The molecule has 1 aliphatic rings. The van der Waals surface area contributed by atoms with E-state index in [1.165, 1.54) is 36.4 Å². The van der Waals surface area contributed by atoms with Crippen molar-refractivity contribution in [1.29, 1.82) is 0 Å². The summed E-state index contributed by atoms with van der Waals surface area (Å²) in [5.74, 6) is -0.668. The standard InChI is InChI=1S/C15H9ClFNO3/c16-11-6-12-13(21-7-14(19)18-12)5-10(11)15(20)8-1-3-9(17)4-2-8/h1-6H,7H2,(H,18,19). The fourth-order valence-electron chi connectivity index (χ4n) is 2.03. The Labute approximate surface area is 124 Å². The molecule has 0 aromatic heterocycles. The van der Waals surface area contributed by atoms with Gasteiger partial charge in [-0.3, -0.25) is 9.59 Å². The van der Waals surface area contributed by atoms with Crippen LogP contribution < -0.4 is 10.1 Å². The predicted molar refractivity (Wildman–Crippen MR) is 75.4 cm³/mol. The van der Waals surface area contributed by atoms with Crippen LogP contribution in [-0.4, -0.2) is 18.3 Å². The van der Waals surface area contributed by atoms with E-state index in [9.17, 15) is 14.0 Å². The molecule has 106 valence electrons. The maximum absolute atomic E-state index is 12.9. The summed E-state index contributed by atoms with van der Waals surface area (Å²) in [5.41, 5.74) is 0.975. The zero-order valence-corrected chi connectivity index (χ0v) is 11.4. The third kappa shape index (κ3) is 2.60. The van der Waals surface area contributed by atoms with Gasteiger partial charge in [-0.1, -0.05) is 11.6 Å². The van der Waals surface area contributed by atoms with Gasteiger partial charge in [-0.25, -0.2) is 4.39 Å². The van der Waals surface area contributed by atoms with E-state index >= 15 is 0 Å². The van der Waals surface area contributed by atoms with Gasteiger partial charge in [-0.2, -0.15) is 0 Å². The molecule has 4 nitrogen and oxygen atoms in total. The highest BCUT2D eigenvalue weighted by molar-refractivity contribution is 6.35. The van der Waals surface area contributed by atoms with Crippen molar-refractivity contribution in [2.45, 2.75) is 0 Å². The fourth-order valence-corrected chi connectivity index (χ4v) is 2.28. The molecule has 0 bridgehead atoms. The average molecular weight is 306 g/mol. The normalized spacial score (nSPS) is 13.1. The lowest BCUT2D eigenvalue weighted by Crippen LogP contribution is -2.25. The van der Waals surface area contributed by atoms with Crippen LogP contribution in [0.15, 0.2) is 36.4 Å². The van der Waals surface area contributed by atoms with E-state index in [4.69, 9.17) is 16.3 Å². The highest BCUT2D eigenvalue weighted by Gasteiger charge is 2.21. The van der Waals surface area contributed by atoms with Crippen LogP contribution >= 0.6 is 11.6 Å². The topological polar surface area (TPSA) is 55.4 Å². The van der Waals surface area contributed by atoms with Gasteiger partial charge in [0.15, 0.2) is 12.4 Å². The summed E-state index contributed by atoms with van der Waals surface area (Å²) >= 11 is 6.08. The van der Waals surface area contributed by atoms with Crippen LogP contribution in [0.3, 0.4) is 0 Å². The minimum absolute atomic E-state index is 0.112. The maximum Gasteiger partial charge on any atom is 0.262 e. The molecule has 1 N–H and O–H groups in total. The van der Waals surface area contributed by atoms with Crippen LogP contribution in [0, 0.1) is 5.82 Å². The maximum atomic E-state index is 12.9. The zero-order chi connectivity index (χ0) is 15.0. The van der Waals surface area contributed by atoms with Gasteiger partial charge in [0.25, 0.3) is 5.91 Å². The van der Waals surface area contributed by atoms with E-state index in [1.54, 1.807) is 0 Å². The van der Waals surface area contributed by atoms with Crippen molar-refractivity contribution in [2.24, 2.45) is 0 Å². The summed E-state index contributed by atoms with van der Waals surface area (Å²) in [4.78, 5) is 23.6. The Bertz CT molecular complexity index is 743. The number of halogens is 2. The molecular formula is C15H9ClFNO3. The molecule has 2 aromatic rings. The number of hydrogen-bond acceptors (Lipinski definition) is 3.